The third-order valence-electron chi connectivity index (χ3n) is 6.45. The van der Waals surface area contributed by atoms with Crippen molar-refractivity contribution in [3.63, 3.8) is 0 Å². The highest BCUT2D eigenvalue weighted by Gasteiger charge is 2.52. The molecule has 3 saturated heterocycles. The maximum atomic E-state index is 6.19. The van der Waals surface area contributed by atoms with Crippen molar-refractivity contribution in [2.75, 3.05) is 46.1 Å². The van der Waals surface area contributed by atoms with Gasteiger partial charge in [0.05, 0.1) is 11.3 Å². The predicted molar refractivity (Wildman–Crippen MR) is 97.0 cm³/mol. The number of nitrogens with zero attached hydrogens (tertiary/aromatic N) is 2. The summed E-state index contributed by atoms with van der Waals surface area (Å²) in [5, 5.41) is 4.06. The number of aryl methyl sites for hydroxylation is 2. The molecule has 146 valence electrons. The van der Waals surface area contributed by atoms with Gasteiger partial charge in [0, 0.05) is 58.2 Å². The van der Waals surface area contributed by atoms with Crippen molar-refractivity contribution >= 4 is 0 Å². The number of rotatable bonds is 7. The van der Waals surface area contributed by atoms with E-state index in [9.17, 15) is 0 Å². The van der Waals surface area contributed by atoms with Crippen molar-refractivity contribution < 1.29 is 18.7 Å². The maximum Gasteiger partial charge on any atom is 0.138 e. The van der Waals surface area contributed by atoms with Crippen LogP contribution in [0.1, 0.15) is 42.7 Å². The van der Waals surface area contributed by atoms with E-state index in [2.05, 4.69) is 10.1 Å². The second-order valence-electron chi connectivity index (χ2n) is 8.27. The predicted octanol–water partition coefficient (Wildman–Crippen LogP) is 2.72. The average Bonchev–Trinajstić information content (AvgIpc) is 3.18. The Balaban J connectivity index is 1.20. The van der Waals surface area contributed by atoms with Crippen LogP contribution in [0.3, 0.4) is 0 Å². The van der Waals surface area contributed by atoms with Gasteiger partial charge in [-0.15, -0.1) is 0 Å². The highest BCUT2D eigenvalue weighted by Crippen LogP contribution is 2.42. The van der Waals surface area contributed by atoms with E-state index >= 15 is 0 Å². The molecule has 4 heterocycles. The third-order valence-corrected chi connectivity index (χ3v) is 6.45. The molecule has 0 bridgehead atoms. The molecule has 1 aromatic rings. The molecule has 0 aromatic carbocycles. The molecule has 1 unspecified atom stereocenters. The van der Waals surface area contributed by atoms with Gasteiger partial charge in [0.15, 0.2) is 0 Å². The first-order valence-electron chi connectivity index (χ1n) is 10.1. The summed E-state index contributed by atoms with van der Waals surface area (Å²) in [5.41, 5.74) is 2.30. The van der Waals surface area contributed by atoms with Gasteiger partial charge in [-0.1, -0.05) is 5.16 Å². The third kappa shape index (κ3) is 3.84. The van der Waals surface area contributed by atoms with Crippen LogP contribution >= 0.6 is 0 Å². The van der Waals surface area contributed by atoms with Crippen molar-refractivity contribution in [3.05, 3.63) is 17.0 Å². The highest BCUT2D eigenvalue weighted by atomic mass is 16.5. The molecule has 1 spiro atoms. The molecule has 6 heteroatoms. The van der Waals surface area contributed by atoms with Crippen molar-refractivity contribution in [1.29, 1.82) is 0 Å². The van der Waals surface area contributed by atoms with Crippen molar-refractivity contribution in [2.24, 2.45) is 11.8 Å². The molecule has 0 amide bonds. The van der Waals surface area contributed by atoms with Crippen LogP contribution in [-0.4, -0.2) is 61.8 Å². The normalized spacial score (nSPS) is 26.5. The molecular weight excluding hydrogens is 332 g/mol. The molecule has 3 fully saturated rings. The quantitative estimate of drug-likeness (QED) is 0.694. The summed E-state index contributed by atoms with van der Waals surface area (Å²) >= 11 is 0. The van der Waals surface area contributed by atoms with E-state index < -0.39 is 0 Å². The van der Waals surface area contributed by atoms with Gasteiger partial charge >= 0.3 is 0 Å². The molecular formula is C20H32N2O4. The highest BCUT2D eigenvalue weighted by molar-refractivity contribution is 5.21. The standard InChI is InChI=1S/C20H32N2O4/c1-15-19(16(2)26-21-15)11-22-13-20(14-22)18(6-10-25-20)5-9-24-12-17-3-7-23-8-4-17/h17-18H,3-14H2,1-2H3. The average molecular weight is 364 g/mol. The Labute approximate surface area is 156 Å². The van der Waals surface area contributed by atoms with E-state index in [1.54, 1.807) is 0 Å². The Morgan fingerprint density at radius 2 is 1.96 bits per heavy atom. The minimum atomic E-state index is 0.0566. The maximum absolute atomic E-state index is 6.19. The van der Waals surface area contributed by atoms with Gasteiger partial charge in [-0.3, -0.25) is 4.90 Å². The Morgan fingerprint density at radius 3 is 2.69 bits per heavy atom. The van der Waals surface area contributed by atoms with Crippen molar-refractivity contribution in [3.8, 4) is 0 Å². The minimum absolute atomic E-state index is 0.0566. The fourth-order valence-electron chi connectivity index (χ4n) is 4.70. The lowest BCUT2D eigenvalue weighted by Gasteiger charge is -2.50. The lowest BCUT2D eigenvalue weighted by Crippen LogP contribution is -2.64. The van der Waals surface area contributed by atoms with E-state index in [1.807, 2.05) is 13.8 Å². The molecule has 0 N–H and O–H groups in total. The summed E-state index contributed by atoms with van der Waals surface area (Å²) in [4.78, 5) is 2.45. The van der Waals surface area contributed by atoms with Gasteiger partial charge in [0.1, 0.15) is 5.76 Å². The van der Waals surface area contributed by atoms with Crippen molar-refractivity contribution in [1.82, 2.24) is 10.1 Å². The molecule has 0 saturated carbocycles. The Kier molecular flexibility index (Phi) is 5.64. The van der Waals surface area contributed by atoms with E-state index in [4.69, 9.17) is 18.7 Å². The second kappa shape index (κ2) is 7.97. The minimum Gasteiger partial charge on any atom is -0.381 e. The number of hydrogen-bond donors (Lipinski definition) is 0. The molecule has 0 radical (unpaired) electrons. The van der Waals surface area contributed by atoms with Crippen LogP contribution < -0.4 is 0 Å². The van der Waals surface area contributed by atoms with E-state index in [1.165, 1.54) is 12.0 Å². The summed E-state index contributed by atoms with van der Waals surface area (Å²) in [6.07, 6.45) is 4.57. The van der Waals surface area contributed by atoms with Gasteiger partial charge in [-0.05, 0) is 51.4 Å². The molecule has 26 heavy (non-hydrogen) atoms. The molecule has 1 aromatic heterocycles. The van der Waals surface area contributed by atoms with Gasteiger partial charge in [0.2, 0.25) is 0 Å². The van der Waals surface area contributed by atoms with Crippen LogP contribution in [0.25, 0.3) is 0 Å². The van der Waals surface area contributed by atoms with Crippen LogP contribution in [0.2, 0.25) is 0 Å². The van der Waals surface area contributed by atoms with Crippen LogP contribution in [0, 0.1) is 25.7 Å². The largest absolute Gasteiger partial charge is 0.381 e. The smallest absolute Gasteiger partial charge is 0.138 e. The Morgan fingerprint density at radius 1 is 1.15 bits per heavy atom. The van der Waals surface area contributed by atoms with Crippen LogP contribution in [0.4, 0.5) is 0 Å². The van der Waals surface area contributed by atoms with Crippen LogP contribution in [0.5, 0.6) is 0 Å². The Hall–Kier alpha value is -0.950. The Bertz CT molecular complexity index is 571. The molecule has 3 aliphatic heterocycles. The van der Waals surface area contributed by atoms with E-state index in [-0.39, 0.29) is 5.60 Å². The first kappa shape index (κ1) is 18.4. The first-order chi connectivity index (χ1) is 12.7. The topological polar surface area (TPSA) is 57.0 Å². The molecule has 0 aliphatic carbocycles. The zero-order chi connectivity index (χ0) is 18.0. The van der Waals surface area contributed by atoms with Gasteiger partial charge in [-0.25, -0.2) is 0 Å². The summed E-state index contributed by atoms with van der Waals surface area (Å²) in [6, 6.07) is 0. The molecule has 3 aliphatic rings. The zero-order valence-electron chi connectivity index (χ0n) is 16.2. The van der Waals surface area contributed by atoms with Gasteiger partial charge in [-0.2, -0.15) is 0 Å². The van der Waals surface area contributed by atoms with Crippen LogP contribution in [-0.2, 0) is 20.8 Å². The summed E-state index contributed by atoms with van der Waals surface area (Å²) < 4.78 is 22.9. The lowest BCUT2D eigenvalue weighted by atomic mass is 9.79. The molecule has 1 atom stereocenters. The fourth-order valence-corrected chi connectivity index (χ4v) is 4.70. The van der Waals surface area contributed by atoms with E-state index in [0.29, 0.717) is 11.8 Å². The summed E-state index contributed by atoms with van der Waals surface area (Å²) in [7, 11) is 0. The SMILES string of the molecule is Cc1noc(C)c1CN1CC2(C1)OCCC2CCOCC1CCOCC1. The number of aromatic nitrogens is 1. The van der Waals surface area contributed by atoms with Gasteiger partial charge in [0.25, 0.3) is 0 Å². The zero-order valence-corrected chi connectivity index (χ0v) is 16.2. The number of likely N-dealkylation sites (tertiary alicyclic amines) is 1. The lowest BCUT2D eigenvalue weighted by molar-refractivity contribution is -0.139. The van der Waals surface area contributed by atoms with E-state index in [0.717, 1.165) is 83.4 Å². The summed E-state index contributed by atoms with van der Waals surface area (Å²) in [5.74, 6) is 2.25. The van der Waals surface area contributed by atoms with Gasteiger partial charge < -0.3 is 18.7 Å². The number of hydrogen-bond acceptors (Lipinski definition) is 6. The fraction of sp³-hybridized carbons (Fsp3) is 0.850. The van der Waals surface area contributed by atoms with Crippen molar-refractivity contribution in [2.45, 2.75) is 51.7 Å². The van der Waals surface area contributed by atoms with Crippen LogP contribution in [0.15, 0.2) is 4.52 Å². The first-order valence-corrected chi connectivity index (χ1v) is 10.1. The molecule has 4 rings (SSSR count). The second-order valence-corrected chi connectivity index (χ2v) is 8.27. The summed E-state index contributed by atoms with van der Waals surface area (Å²) in [6.45, 7) is 11.4. The number of ether oxygens (including phenoxy) is 3. The monoisotopic (exact) mass is 364 g/mol. The molecule has 6 nitrogen and oxygen atoms in total.